The van der Waals surface area contributed by atoms with Crippen LogP contribution >= 0.6 is 22.9 Å². The SMILES string of the molecule is Cc1cc(C)n(-c2ncnc3c2sc2nc4c(c(-c5ccc(Cl)cc5)c23)CCCC4)n1. The van der Waals surface area contributed by atoms with Gasteiger partial charge >= 0.3 is 0 Å². The zero-order valence-corrected chi connectivity index (χ0v) is 18.9. The van der Waals surface area contributed by atoms with Gasteiger partial charge in [0.2, 0.25) is 0 Å². The lowest BCUT2D eigenvalue weighted by atomic mass is 9.87. The van der Waals surface area contributed by atoms with Gasteiger partial charge < -0.3 is 0 Å². The molecule has 1 aliphatic carbocycles. The first kappa shape index (κ1) is 18.9. The molecule has 0 aliphatic heterocycles. The summed E-state index contributed by atoms with van der Waals surface area (Å²) in [5, 5.41) is 6.53. The zero-order valence-electron chi connectivity index (χ0n) is 17.3. The first-order chi connectivity index (χ1) is 15.1. The number of hydrogen-bond donors (Lipinski definition) is 0. The Bertz CT molecular complexity index is 1470. The lowest BCUT2D eigenvalue weighted by molar-refractivity contribution is 0.673. The van der Waals surface area contributed by atoms with Crippen molar-refractivity contribution in [1.82, 2.24) is 24.7 Å². The van der Waals surface area contributed by atoms with E-state index in [4.69, 9.17) is 21.6 Å². The summed E-state index contributed by atoms with van der Waals surface area (Å²) < 4.78 is 2.94. The van der Waals surface area contributed by atoms with E-state index < -0.39 is 0 Å². The van der Waals surface area contributed by atoms with Crippen LogP contribution in [0.2, 0.25) is 5.02 Å². The van der Waals surface area contributed by atoms with Gasteiger partial charge in [0.05, 0.1) is 11.2 Å². The van der Waals surface area contributed by atoms with E-state index in [1.165, 1.54) is 35.2 Å². The molecule has 0 amide bonds. The van der Waals surface area contributed by atoms with Crippen molar-refractivity contribution in [2.24, 2.45) is 0 Å². The van der Waals surface area contributed by atoms with Crippen LogP contribution in [-0.4, -0.2) is 24.7 Å². The fourth-order valence-electron chi connectivity index (χ4n) is 4.67. The highest BCUT2D eigenvalue weighted by Crippen LogP contribution is 2.44. The van der Waals surface area contributed by atoms with Gasteiger partial charge in [0.1, 0.15) is 15.9 Å². The van der Waals surface area contributed by atoms with Crippen molar-refractivity contribution in [3.63, 3.8) is 0 Å². The van der Waals surface area contributed by atoms with E-state index in [1.54, 1.807) is 17.7 Å². The van der Waals surface area contributed by atoms with Crippen molar-refractivity contribution in [3.8, 4) is 16.9 Å². The van der Waals surface area contributed by atoms with Gasteiger partial charge in [-0.2, -0.15) is 5.10 Å². The highest BCUT2D eigenvalue weighted by atomic mass is 35.5. The normalized spacial score (nSPS) is 13.8. The van der Waals surface area contributed by atoms with Gasteiger partial charge in [-0.05, 0) is 74.4 Å². The first-order valence-corrected chi connectivity index (χ1v) is 11.7. The molecule has 0 N–H and O–H groups in total. The van der Waals surface area contributed by atoms with E-state index in [0.29, 0.717) is 0 Å². The van der Waals surface area contributed by atoms with Crippen molar-refractivity contribution in [3.05, 3.63) is 64.3 Å². The fourth-order valence-corrected chi connectivity index (χ4v) is 5.93. The Balaban J connectivity index is 1.73. The molecule has 0 radical (unpaired) electrons. The lowest BCUT2D eigenvalue weighted by Gasteiger charge is -2.20. The van der Waals surface area contributed by atoms with Crippen molar-refractivity contribution < 1.29 is 0 Å². The fraction of sp³-hybridized carbons (Fsp3) is 0.250. The molecular weight excluding hydrogens is 426 g/mol. The van der Waals surface area contributed by atoms with Crippen molar-refractivity contribution >= 4 is 43.4 Å². The molecule has 0 bridgehead atoms. The monoisotopic (exact) mass is 445 g/mol. The third-order valence-corrected chi connectivity index (χ3v) is 7.33. The molecular formula is C24H20ClN5S. The van der Waals surface area contributed by atoms with Crippen LogP contribution in [0.4, 0.5) is 0 Å². The summed E-state index contributed by atoms with van der Waals surface area (Å²) in [4.78, 5) is 15.5. The van der Waals surface area contributed by atoms with Crippen LogP contribution in [0.5, 0.6) is 0 Å². The van der Waals surface area contributed by atoms with Crippen LogP contribution in [0.25, 0.3) is 37.4 Å². The third-order valence-electron chi connectivity index (χ3n) is 6.00. The molecule has 0 saturated heterocycles. The van der Waals surface area contributed by atoms with Gasteiger partial charge in [-0.25, -0.2) is 19.6 Å². The average Bonchev–Trinajstić information content (AvgIpc) is 3.31. The Kier molecular flexibility index (Phi) is 4.33. The van der Waals surface area contributed by atoms with Crippen LogP contribution in [0.1, 0.15) is 35.5 Å². The van der Waals surface area contributed by atoms with Crippen molar-refractivity contribution in [2.75, 3.05) is 0 Å². The van der Waals surface area contributed by atoms with E-state index in [-0.39, 0.29) is 0 Å². The first-order valence-electron chi connectivity index (χ1n) is 10.5. The quantitative estimate of drug-likeness (QED) is 0.322. The molecule has 4 aromatic heterocycles. The number of pyridine rings is 1. The smallest absolute Gasteiger partial charge is 0.174 e. The number of aromatic nitrogens is 5. The summed E-state index contributed by atoms with van der Waals surface area (Å²) in [5.74, 6) is 0.818. The van der Waals surface area contributed by atoms with E-state index in [0.717, 1.165) is 55.5 Å². The molecule has 0 saturated carbocycles. The molecule has 0 fully saturated rings. The number of benzene rings is 1. The number of rotatable bonds is 2. The Hall–Kier alpha value is -2.83. The Morgan fingerprint density at radius 3 is 2.61 bits per heavy atom. The maximum absolute atomic E-state index is 6.20. The number of nitrogens with zero attached hydrogens (tertiary/aromatic N) is 5. The maximum atomic E-state index is 6.20. The highest BCUT2D eigenvalue weighted by molar-refractivity contribution is 7.25. The predicted octanol–water partition coefficient (Wildman–Crippen LogP) is 6.24. The van der Waals surface area contributed by atoms with Gasteiger partial charge in [0, 0.05) is 21.8 Å². The second-order valence-electron chi connectivity index (χ2n) is 8.12. The van der Waals surface area contributed by atoms with E-state index in [2.05, 4.69) is 35.2 Å². The van der Waals surface area contributed by atoms with E-state index in [1.807, 2.05) is 23.7 Å². The summed E-state index contributed by atoms with van der Waals surface area (Å²) in [7, 11) is 0. The van der Waals surface area contributed by atoms with Crippen LogP contribution in [-0.2, 0) is 12.8 Å². The molecule has 1 aliphatic rings. The van der Waals surface area contributed by atoms with E-state index in [9.17, 15) is 0 Å². The minimum Gasteiger partial charge on any atom is -0.242 e. The molecule has 6 rings (SSSR count). The summed E-state index contributed by atoms with van der Waals surface area (Å²) in [6.07, 6.45) is 6.09. The van der Waals surface area contributed by atoms with Gasteiger partial charge in [-0.1, -0.05) is 23.7 Å². The number of halogens is 1. The summed E-state index contributed by atoms with van der Waals surface area (Å²) >= 11 is 7.86. The van der Waals surface area contributed by atoms with Crippen LogP contribution in [0.3, 0.4) is 0 Å². The number of hydrogen-bond acceptors (Lipinski definition) is 5. The molecule has 7 heteroatoms. The Labute approximate surface area is 188 Å². The number of thiophene rings is 1. The van der Waals surface area contributed by atoms with Crippen LogP contribution < -0.4 is 0 Å². The van der Waals surface area contributed by atoms with Crippen LogP contribution in [0, 0.1) is 13.8 Å². The van der Waals surface area contributed by atoms with E-state index >= 15 is 0 Å². The summed E-state index contributed by atoms with van der Waals surface area (Å²) in [5.41, 5.74) is 7.97. The molecule has 4 heterocycles. The molecule has 5 aromatic rings. The summed E-state index contributed by atoms with van der Waals surface area (Å²) in [6.45, 7) is 4.05. The minimum atomic E-state index is 0.743. The second kappa shape index (κ2) is 7.11. The molecule has 0 atom stereocenters. The highest BCUT2D eigenvalue weighted by Gasteiger charge is 2.24. The van der Waals surface area contributed by atoms with Crippen molar-refractivity contribution in [2.45, 2.75) is 39.5 Å². The number of aryl methyl sites for hydroxylation is 3. The van der Waals surface area contributed by atoms with Crippen LogP contribution in [0.15, 0.2) is 36.7 Å². The Morgan fingerprint density at radius 1 is 1.03 bits per heavy atom. The standard InChI is InChI=1S/C24H20ClN5S/c1-13-11-14(2)30(29-13)23-22-21(26-12-27-23)20-19(15-7-9-16(25)10-8-15)17-5-3-4-6-18(17)28-24(20)31-22/h7-12H,3-6H2,1-2H3. The Morgan fingerprint density at radius 2 is 1.84 bits per heavy atom. The van der Waals surface area contributed by atoms with Gasteiger partial charge in [-0.3, -0.25) is 0 Å². The van der Waals surface area contributed by atoms with Crippen molar-refractivity contribution in [1.29, 1.82) is 0 Å². The average molecular weight is 446 g/mol. The zero-order chi connectivity index (χ0) is 21.1. The van der Waals surface area contributed by atoms with Gasteiger partial charge in [-0.15, -0.1) is 11.3 Å². The molecule has 31 heavy (non-hydrogen) atoms. The minimum absolute atomic E-state index is 0.743. The molecule has 1 aromatic carbocycles. The lowest BCUT2D eigenvalue weighted by Crippen LogP contribution is -2.07. The largest absolute Gasteiger partial charge is 0.242 e. The topological polar surface area (TPSA) is 56.5 Å². The molecule has 154 valence electrons. The molecule has 5 nitrogen and oxygen atoms in total. The predicted molar refractivity (Wildman–Crippen MR) is 126 cm³/mol. The number of fused-ring (bicyclic) bond motifs is 4. The molecule has 0 spiro atoms. The molecule has 0 unspecified atom stereocenters. The third kappa shape index (κ3) is 2.97. The maximum Gasteiger partial charge on any atom is 0.174 e. The second-order valence-corrected chi connectivity index (χ2v) is 9.56. The van der Waals surface area contributed by atoms with Gasteiger partial charge in [0.15, 0.2) is 5.82 Å². The summed E-state index contributed by atoms with van der Waals surface area (Å²) in [6, 6.07) is 10.2. The van der Waals surface area contributed by atoms with Gasteiger partial charge in [0.25, 0.3) is 0 Å².